The maximum absolute atomic E-state index is 5.33. The van der Waals surface area contributed by atoms with Crippen LogP contribution in [0, 0.1) is 12.3 Å². The van der Waals surface area contributed by atoms with Crippen molar-refractivity contribution in [2.75, 3.05) is 13.2 Å². The van der Waals surface area contributed by atoms with Gasteiger partial charge >= 0.3 is 0 Å². The topological polar surface area (TPSA) is 18.5 Å². The molecule has 0 aromatic heterocycles. The van der Waals surface area contributed by atoms with Gasteiger partial charge in [-0.15, -0.1) is 12.3 Å². The zero-order chi connectivity index (χ0) is 9.36. The lowest BCUT2D eigenvalue weighted by Crippen LogP contribution is -2.06. The quantitative estimate of drug-likeness (QED) is 0.463. The van der Waals surface area contributed by atoms with Crippen LogP contribution in [0.5, 0.6) is 0 Å². The minimum Gasteiger partial charge on any atom is -0.350 e. The SMILES string of the molecule is C#CCCCCCCC1OCCO1. The van der Waals surface area contributed by atoms with E-state index in [2.05, 4.69) is 5.92 Å². The molecule has 0 radical (unpaired) electrons. The molecule has 0 atom stereocenters. The summed E-state index contributed by atoms with van der Waals surface area (Å²) in [4.78, 5) is 0. The first-order valence-corrected chi connectivity index (χ1v) is 5.10. The van der Waals surface area contributed by atoms with Crippen molar-refractivity contribution in [3.8, 4) is 12.3 Å². The molecule has 0 saturated carbocycles. The molecule has 1 rings (SSSR count). The summed E-state index contributed by atoms with van der Waals surface area (Å²) in [5.41, 5.74) is 0. The van der Waals surface area contributed by atoms with Gasteiger partial charge in [0.1, 0.15) is 0 Å². The number of terminal acetylenes is 1. The Balaban J connectivity index is 1.81. The van der Waals surface area contributed by atoms with Crippen LogP contribution in [0.3, 0.4) is 0 Å². The van der Waals surface area contributed by atoms with Crippen LogP contribution in [0.2, 0.25) is 0 Å². The summed E-state index contributed by atoms with van der Waals surface area (Å²) in [7, 11) is 0. The summed E-state index contributed by atoms with van der Waals surface area (Å²) in [5, 5.41) is 0. The van der Waals surface area contributed by atoms with Crippen molar-refractivity contribution in [2.45, 2.75) is 44.8 Å². The van der Waals surface area contributed by atoms with Crippen molar-refractivity contribution in [3.63, 3.8) is 0 Å². The lowest BCUT2D eigenvalue weighted by atomic mass is 10.1. The van der Waals surface area contributed by atoms with Crippen molar-refractivity contribution < 1.29 is 9.47 Å². The van der Waals surface area contributed by atoms with E-state index in [0.29, 0.717) is 0 Å². The standard InChI is InChI=1S/C11H18O2/c1-2-3-4-5-6-7-8-11-12-9-10-13-11/h1,11H,3-10H2. The molecule has 13 heavy (non-hydrogen) atoms. The zero-order valence-corrected chi connectivity index (χ0v) is 8.13. The van der Waals surface area contributed by atoms with Crippen LogP contribution in [-0.4, -0.2) is 19.5 Å². The average molecular weight is 182 g/mol. The normalized spacial score (nSPS) is 17.5. The van der Waals surface area contributed by atoms with Gasteiger partial charge in [-0.1, -0.05) is 12.8 Å². The molecule has 0 aliphatic carbocycles. The molecule has 1 aliphatic rings. The number of ether oxygens (including phenoxy) is 2. The van der Waals surface area contributed by atoms with Crippen molar-refractivity contribution >= 4 is 0 Å². The molecule has 0 aromatic carbocycles. The number of hydrogen-bond acceptors (Lipinski definition) is 2. The Morgan fingerprint density at radius 1 is 1.08 bits per heavy atom. The maximum Gasteiger partial charge on any atom is 0.157 e. The van der Waals surface area contributed by atoms with Crippen molar-refractivity contribution in [3.05, 3.63) is 0 Å². The van der Waals surface area contributed by atoms with E-state index in [1.807, 2.05) is 0 Å². The molecule has 0 amide bonds. The molecule has 74 valence electrons. The van der Waals surface area contributed by atoms with Crippen LogP contribution in [0.4, 0.5) is 0 Å². The van der Waals surface area contributed by atoms with E-state index in [-0.39, 0.29) is 6.29 Å². The van der Waals surface area contributed by atoms with Gasteiger partial charge in [-0.25, -0.2) is 0 Å². The fourth-order valence-corrected chi connectivity index (χ4v) is 1.47. The predicted molar refractivity (Wildman–Crippen MR) is 52.2 cm³/mol. The molecule has 0 unspecified atom stereocenters. The second-order valence-electron chi connectivity index (χ2n) is 3.33. The Morgan fingerprint density at radius 3 is 2.46 bits per heavy atom. The average Bonchev–Trinajstić information content (AvgIpc) is 2.63. The molecule has 0 N–H and O–H groups in total. The summed E-state index contributed by atoms with van der Waals surface area (Å²) in [6.45, 7) is 1.53. The molecule has 2 nitrogen and oxygen atoms in total. The highest BCUT2D eigenvalue weighted by atomic mass is 16.7. The van der Waals surface area contributed by atoms with E-state index >= 15 is 0 Å². The molecule has 0 spiro atoms. The van der Waals surface area contributed by atoms with Crippen LogP contribution in [-0.2, 0) is 9.47 Å². The molecule has 1 fully saturated rings. The van der Waals surface area contributed by atoms with Crippen LogP contribution in [0.1, 0.15) is 38.5 Å². The van der Waals surface area contributed by atoms with E-state index in [1.165, 1.54) is 19.3 Å². The molecular weight excluding hydrogens is 164 g/mol. The van der Waals surface area contributed by atoms with Gasteiger partial charge in [0.25, 0.3) is 0 Å². The van der Waals surface area contributed by atoms with Gasteiger partial charge in [0, 0.05) is 6.42 Å². The third-order valence-corrected chi connectivity index (χ3v) is 2.20. The highest BCUT2D eigenvalue weighted by molar-refractivity contribution is 4.82. The van der Waals surface area contributed by atoms with Gasteiger partial charge in [0.05, 0.1) is 13.2 Å². The van der Waals surface area contributed by atoms with Crippen LogP contribution < -0.4 is 0 Å². The first-order chi connectivity index (χ1) is 6.43. The fraction of sp³-hybridized carbons (Fsp3) is 0.818. The summed E-state index contributed by atoms with van der Waals surface area (Å²) in [5.74, 6) is 2.65. The Hall–Kier alpha value is -0.520. The van der Waals surface area contributed by atoms with Gasteiger partial charge < -0.3 is 9.47 Å². The molecule has 1 heterocycles. The van der Waals surface area contributed by atoms with Crippen molar-refractivity contribution in [1.29, 1.82) is 0 Å². The van der Waals surface area contributed by atoms with Crippen LogP contribution in [0.15, 0.2) is 0 Å². The largest absolute Gasteiger partial charge is 0.350 e. The third-order valence-electron chi connectivity index (χ3n) is 2.20. The minimum absolute atomic E-state index is 0.0765. The lowest BCUT2D eigenvalue weighted by molar-refractivity contribution is -0.0480. The molecule has 0 bridgehead atoms. The van der Waals surface area contributed by atoms with Crippen LogP contribution >= 0.6 is 0 Å². The zero-order valence-electron chi connectivity index (χ0n) is 8.13. The van der Waals surface area contributed by atoms with Crippen LogP contribution in [0.25, 0.3) is 0 Å². The number of hydrogen-bond donors (Lipinski definition) is 0. The molecule has 0 aromatic rings. The van der Waals surface area contributed by atoms with Gasteiger partial charge in [-0.05, 0) is 19.3 Å². The highest BCUT2D eigenvalue weighted by Crippen LogP contribution is 2.13. The van der Waals surface area contributed by atoms with Crippen molar-refractivity contribution in [1.82, 2.24) is 0 Å². The fourth-order valence-electron chi connectivity index (χ4n) is 1.47. The molecule has 2 heteroatoms. The Bertz CT molecular complexity index is 154. The molecule has 1 aliphatic heterocycles. The molecule has 1 saturated heterocycles. The monoisotopic (exact) mass is 182 g/mol. The van der Waals surface area contributed by atoms with E-state index in [4.69, 9.17) is 15.9 Å². The number of rotatable bonds is 6. The van der Waals surface area contributed by atoms with Gasteiger partial charge in [-0.2, -0.15) is 0 Å². The summed E-state index contributed by atoms with van der Waals surface area (Å²) in [6.07, 6.45) is 12.0. The minimum atomic E-state index is 0.0765. The summed E-state index contributed by atoms with van der Waals surface area (Å²) < 4.78 is 10.7. The van der Waals surface area contributed by atoms with Gasteiger partial charge in [-0.3, -0.25) is 0 Å². The van der Waals surface area contributed by atoms with E-state index in [1.54, 1.807) is 0 Å². The lowest BCUT2D eigenvalue weighted by Gasteiger charge is -2.07. The second-order valence-corrected chi connectivity index (χ2v) is 3.33. The second kappa shape index (κ2) is 6.94. The van der Waals surface area contributed by atoms with E-state index in [0.717, 1.165) is 32.5 Å². The third kappa shape index (κ3) is 4.92. The van der Waals surface area contributed by atoms with Gasteiger partial charge in [0.15, 0.2) is 6.29 Å². The summed E-state index contributed by atoms with van der Waals surface area (Å²) in [6, 6.07) is 0. The highest BCUT2D eigenvalue weighted by Gasteiger charge is 2.14. The smallest absolute Gasteiger partial charge is 0.157 e. The Kier molecular flexibility index (Phi) is 5.64. The predicted octanol–water partition coefficient (Wildman–Crippen LogP) is 2.33. The Morgan fingerprint density at radius 2 is 1.77 bits per heavy atom. The number of unbranched alkanes of at least 4 members (excludes halogenated alkanes) is 4. The Labute approximate surface area is 80.6 Å². The summed E-state index contributed by atoms with van der Waals surface area (Å²) >= 11 is 0. The van der Waals surface area contributed by atoms with Crippen molar-refractivity contribution in [2.24, 2.45) is 0 Å². The first kappa shape index (κ1) is 10.6. The van der Waals surface area contributed by atoms with E-state index in [9.17, 15) is 0 Å². The van der Waals surface area contributed by atoms with Gasteiger partial charge in [0.2, 0.25) is 0 Å². The molecular formula is C11H18O2. The maximum atomic E-state index is 5.33. The first-order valence-electron chi connectivity index (χ1n) is 5.10. The van der Waals surface area contributed by atoms with E-state index < -0.39 is 0 Å².